The maximum absolute atomic E-state index is 13.6. The lowest BCUT2D eigenvalue weighted by Gasteiger charge is -2.29. The van der Waals surface area contributed by atoms with Gasteiger partial charge in [0.25, 0.3) is 0 Å². The quantitative estimate of drug-likeness (QED) is 0.652. The average Bonchev–Trinajstić information content (AvgIpc) is 3.36. The van der Waals surface area contributed by atoms with Crippen molar-refractivity contribution in [1.82, 2.24) is 10.2 Å². The summed E-state index contributed by atoms with van der Waals surface area (Å²) in [5.74, 6) is -1.20. The maximum Gasteiger partial charge on any atom is 0.250 e. The molecule has 2 saturated heterocycles. The fraction of sp³-hybridized carbons (Fsp3) is 0.375. The summed E-state index contributed by atoms with van der Waals surface area (Å²) in [6, 6.07) is 10.3. The van der Waals surface area contributed by atoms with E-state index in [2.05, 4.69) is 10.6 Å². The number of hydrogen-bond acceptors (Lipinski definition) is 6. The lowest BCUT2D eigenvalue weighted by Crippen LogP contribution is -2.53. The van der Waals surface area contributed by atoms with Gasteiger partial charge in [-0.25, -0.2) is 0 Å². The van der Waals surface area contributed by atoms with Crippen LogP contribution in [0.5, 0.6) is 11.5 Å². The van der Waals surface area contributed by atoms with Crippen LogP contribution < -0.4 is 20.1 Å². The number of imide groups is 1. The summed E-state index contributed by atoms with van der Waals surface area (Å²) in [6.07, 6.45) is 0.459. The second kappa shape index (κ2) is 7.74. The van der Waals surface area contributed by atoms with Crippen LogP contribution in [0.1, 0.15) is 18.1 Å². The normalized spacial score (nSPS) is 27.7. The van der Waals surface area contributed by atoms with Gasteiger partial charge in [0, 0.05) is 28.9 Å². The van der Waals surface area contributed by atoms with Gasteiger partial charge in [-0.05, 0) is 49.2 Å². The molecule has 1 spiro atoms. The Morgan fingerprint density at radius 3 is 2.52 bits per heavy atom. The molecule has 8 nitrogen and oxygen atoms in total. The van der Waals surface area contributed by atoms with E-state index in [0.29, 0.717) is 34.2 Å². The van der Waals surface area contributed by atoms with E-state index in [1.54, 1.807) is 38.5 Å². The molecule has 0 bridgehead atoms. The molecule has 172 valence electrons. The van der Waals surface area contributed by atoms with Gasteiger partial charge in [0.2, 0.25) is 17.7 Å². The Labute approximate surface area is 196 Å². The smallest absolute Gasteiger partial charge is 0.250 e. The SMILES string of the molecule is COc1ccc(CCN2C(=O)C3C(C)NC4(C(=O)Nc5ccc(Cl)cc54)C3C2=O)cc1OC. The molecule has 4 unspecified atom stereocenters. The summed E-state index contributed by atoms with van der Waals surface area (Å²) in [4.78, 5) is 41.4. The molecule has 3 amide bonds. The third-order valence-electron chi connectivity index (χ3n) is 6.99. The summed E-state index contributed by atoms with van der Waals surface area (Å²) in [5, 5.41) is 6.59. The third-order valence-corrected chi connectivity index (χ3v) is 7.22. The predicted octanol–water partition coefficient (Wildman–Crippen LogP) is 2.34. The molecule has 3 aliphatic heterocycles. The zero-order chi connectivity index (χ0) is 23.5. The molecular formula is C24H24ClN3O5. The molecule has 2 aromatic rings. The molecule has 0 radical (unpaired) electrons. The van der Waals surface area contributed by atoms with Gasteiger partial charge in [-0.15, -0.1) is 0 Å². The number of nitrogens with one attached hydrogen (secondary N) is 2. The van der Waals surface area contributed by atoms with Crippen molar-refractivity contribution in [2.45, 2.75) is 24.9 Å². The molecule has 2 N–H and O–H groups in total. The topological polar surface area (TPSA) is 97.0 Å². The average molecular weight is 470 g/mol. The molecule has 0 aliphatic carbocycles. The van der Waals surface area contributed by atoms with Crippen LogP contribution in [-0.4, -0.2) is 49.4 Å². The fourth-order valence-electron chi connectivity index (χ4n) is 5.49. The van der Waals surface area contributed by atoms with E-state index in [1.807, 2.05) is 19.1 Å². The number of anilines is 1. The molecular weight excluding hydrogens is 446 g/mol. The fourth-order valence-corrected chi connectivity index (χ4v) is 5.66. The number of nitrogens with zero attached hydrogens (tertiary/aromatic N) is 1. The number of rotatable bonds is 5. The summed E-state index contributed by atoms with van der Waals surface area (Å²) in [5.41, 5.74) is 0.813. The number of ether oxygens (including phenoxy) is 2. The van der Waals surface area contributed by atoms with Crippen LogP contribution in [0.3, 0.4) is 0 Å². The van der Waals surface area contributed by atoms with Crippen LogP contribution in [0.4, 0.5) is 5.69 Å². The zero-order valence-corrected chi connectivity index (χ0v) is 19.2. The Kier molecular flexibility index (Phi) is 5.10. The Morgan fingerprint density at radius 2 is 1.79 bits per heavy atom. The van der Waals surface area contributed by atoms with Crippen LogP contribution >= 0.6 is 11.6 Å². The molecule has 3 aliphatic rings. The number of fused-ring (bicyclic) bond motifs is 4. The Hall–Kier alpha value is -3.10. The van der Waals surface area contributed by atoms with Crippen molar-refractivity contribution in [1.29, 1.82) is 0 Å². The minimum Gasteiger partial charge on any atom is -0.493 e. The van der Waals surface area contributed by atoms with Crippen LogP contribution in [0.25, 0.3) is 0 Å². The number of halogens is 1. The van der Waals surface area contributed by atoms with Crippen molar-refractivity contribution in [3.8, 4) is 11.5 Å². The highest BCUT2D eigenvalue weighted by Gasteiger charge is 2.69. The molecule has 4 atom stereocenters. The van der Waals surface area contributed by atoms with Crippen molar-refractivity contribution < 1.29 is 23.9 Å². The molecule has 33 heavy (non-hydrogen) atoms. The van der Waals surface area contributed by atoms with Gasteiger partial charge in [-0.3, -0.25) is 24.6 Å². The van der Waals surface area contributed by atoms with Crippen molar-refractivity contribution in [3.63, 3.8) is 0 Å². The van der Waals surface area contributed by atoms with E-state index in [9.17, 15) is 14.4 Å². The maximum atomic E-state index is 13.6. The predicted molar refractivity (Wildman–Crippen MR) is 121 cm³/mol. The number of amides is 3. The van der Waals surface area contributed by atoms with E-state index < -0.39 is 17.4 Å². The van der Waals surface area contributed by atoms with Crippen LogP contribution in [0.2, 0.25) is 5.02 Å². The van der Waals surface area contributed by atoms with Crippen LogP contribution in [0, 0.1) is 11.8 Å². The number of benzene rings is 2. The van der Waals surface area contributed by atoms with Crippen LogP contribution in [0.15, 0.2) is 36.4 Å². The first-order valence-corrected chi connectivity index (χ1v) is 11.1. The molecule has 2 aromatic carbocycles. The van der Waals surface area contributed by atoms with Crippen molar-refractivity contribution >= 4 is 35.0 Å². The van der Waals surface area contributed by atoms with E-state index in [4.69, 9.17) is 21.1 Å². The van der Waals surface area contributed by atoms with Crippen molar-refractivity contribution in [2.75, 3.05) is 26.1 Å². The summed E-state index contributed by atoms with van der Waals surface area (Å²) >= 11 is 6.22. The highest BCUT2D eigenvalue weighted by atomic mass is 35.5. The highest BCUT2D eigenvalue weighted by molar-refractivity contribution is 6.31. The standard InChI is InChI=1S/C24H24ClN3O5/c1-12-19-20(24(27-12)15-11-14(25)5-6-16(15)26-23(24)31)22(30)28(21(19)29)9-8-13-4-7-17(32-2)18(10-13)33-3/h4-7,10-12,19-20,27H,8-9H2,1-3H3,(H,26,31). The van der Waals surface area contributed by atoms with Gasteiger partial charge in [-0.2, -0.15) is 0 Å². The third kappa shape index (κ3) is 3.04. The van der Waals surface area contributed by atoms with Gasteiger partial charge in [-0.1, -0.05) is 17.7 Å². The Balaban J connectivity index is 1.45. The molecule has 9 heteroatoms. The minimum atomic E-state index is -1.31. The van der Waals surface area contributed by atoms with E-state index in [0.717, 1.165) is 5.56 Å². The highest BCUT2D eigenvalue weighted by Crippen LogP contribution is 2.53. The van der Waals surface area contributed by atoms with Gasteiger partial charge >= 0.3 is 0 Å². The van der Waals surface area contributed by atoms with Gasteiger partial charge in [0.15, 0.2) is 11.5 Å². The molecule has 3 heterocycles. The lowest BCUT2D eigenvalue weighted by molar-refractivity contribution is -0.142. The number of carbonyl (C=O) groups is 3. The largest absolute Gasteiger partial charge is 0.493 e. The summed E-state index contributed by atoms with van der Waals surface area (Å²) < 4.78 is 10.6. The minimum absolute atomic E-state index is 0.215. The Bertz CT molecular complexity index is 1180. The van der Waals surface area contributed by atoms with Crippen molar-refractivity contribution in [2.24, 2.45) is 11.8 Å². The summed E-state index contributed by atoms with van der Waals surface area (Å²) in [7, 11) is 3.12. The molecule has 2 fully saturated rings. The number of likely N-dealkylation sites (tertiary alicyclic amines) is 1. The first kappa shape index (κ1) is 21.7. The monoisotopic (exact) mass is 469 g/mol. The van der Waals surface area contributed by atoms with E-state index in [1.165, 1.54) is 4.90 Å². The molecule has 0 saturated carbocycles. The van der Waals surface area contributed by atoms with E-state index >= 15 is 0 Å². The number of hydrogen-bond donors (Lipinski definition) is 2. The number of methoxy groups -OCH3 is 2. The van der Waals surface area contributed by atoms with Crippen molar-refractivity contribution in [3.05, 3.63) is 52.5 Å². The summed E-state index contributed by atoms with van der Waals surface area (Å²) in [6.45, 7) is 2.05. The first-order chi connectivity index (χ1) is 15.8. The molecule has 0 aromatic heterocycles. The Morgan fingerprint density at radius 1 is 1.03 bits per heavy atom. The van der Waals surface area contributed by atoms with E-state index in [-0.39, 0.29) is 30.3 Å². The van der Waals surface area contributed by atoms with Gasteiger partial charge < -0.3 is 14.8 Å². The lowest BCUT2D eigenvalue weighted by atomic mass is 9.76. The number of carbonyl (C=O) groups excluding carboxylic acids is 3. The second-order valence-electron chi connectivity index (χ2n) is 8.66. The zero-order valence-electron chi connectivity index (χ0n) is 18.5. The first-order valence-electron chi connectivity index (χ1n) is 10.8. The van der Waals surface area contributed by atoms with Gasteiger partial charge in [0.05, 0.1) is 26.1 Å². The van der Waals surface area contributed by atoms with Crippen LogP contribution in [-0.2, 0) is 26.3 Å². The molecule has 5 rings (SSSR count). The second-order valence-corrected chi connectivity index (χ2v) is 9.09. The van der Waals surface area contributed by atoms with Gasteiger partial charge in [0.1, 0.15) is 5.54 Å².